The SMILES string of the molecule is [2H]C([2H])([2H])c1ncn2ccc(S(N)(=O)=O)cc12. The lowest BCUT2D eigenvalue weighted by molar-refractivity contribution is 0.597. The first-order chi connectivity index (χ1) is 7.69. The number of aromatic nitrogens is 2. The summed E-state index contributed by atoms with van der Waals surface area (Å²) in [5.74, 6) is 0. The number of hydrogen-bond acceptors (Lipinski definition) is 3. The van der Waals surface area contributed by atoms with Gasteiger partial charge >= 0.3 is 0 Å². The third-order valence-corrected chi connectivity index (χ3v) is 2.75. The van der Waals surface area contributed by atoms with Gasteiger partial charge < -0.3 is 4.40 Å². The molecule has 0 fully saturated rings. The van der Waals surface area contributed by atoms with Gasteiger partial charge in [0.25, 0.3) is 0 Å². The molecular weight excluding hydrogens is 202 g/mol. The van der Waals surface area contributed by atoms with Gasteiger partial charge in [-0.15, -0.1) is 0 Å². The van der Waals surface area contributed by atoms with Gasteiger partial charge in [0.15, 0.2) is 0 Å². The third-order valence-electron chi connectivity index (χ3n) is 1.84. The maximum atomic E-state index is 11.2. The van der Waals surface area contributed by atoms with Crippen LogP contribution in [-0.2, 0) is 10.0 Å². The number of pyridine rings is 1. The highest BCUT2D eigenvalue weighted by Crippen LogP contribution is 2.13. The Morgan fingerprint density at radius 2 is 2.43 bits per heavy atom. The quantitative estimate of drug-likeness (QED) is 0.741. The van der Waals surface area contributed by atoms with Crippen molar-refractivity contribution in [3.05, 3.63) is 30.4 Å². The van der Waals surface area contributed by atoms with Crippen LogP contribution in [0.5, 0.6) is 0 Å². The predicted octanol–water partition coefficient (Wildman–Crippen LogP) is 0.290. The predicted molar refractivity (Wildman–Crippen MR) is 51.3 cm³/mol. The first-order valence-corrected chi connectivity index (χ1v) is 5.24. The van der Waals surface area contributed by atoms with E-state index in [2.05, 4.69) is 4.98 Å². The van der Waals surface area contributed by atoms with E-state index in [1.54, 1.807) is 0 Å². The van der Waals surface area contributed by atoms with Crippen molar-refractivity contribution in [3.8, 4) is 0 Å². The van der Waals surface area contributed by atoms with Crippen LogP contribution >= 0.6 is 0 Å². The van der Waals surface area contributed by atoms with E-state index in [0.29, 0.717) is 0 Å². The van der Waals surface area contributed by atoms with Crippen LogP contribution in [0.4, 0.5) is 0 Å². The molecule has 14 heavy (non-hydrogen) atoms. The van der Waals surface area contributed by atoms with Crippen LogP contribution in [0.1, 0.15) is 9.81 Å². The molecule has 0 unspecified atom stereocenters. The summed E-state index contributed by atoms with van der Waals surface area (Å²) in [7, 11) is -3.86. The molecule has 0 spiro atoms. The van der Waals surface area contributed by atoms with Crippen molar-refractivity contribution in [1.29, 1.82) is 0 Å². The summed E-state index contributed by atoms with van der Waals surface area (Å²) in [5.41, 5.74) is 0.0551. The van der Waals surface area contributed by atoms with Crippen LogP contribution in [-0.4, -0.2) is 17.8 Å². The third kappa shape index (κ3) is 1.38. The molecule has 0 aromatic carbocycles. The monoisotopic (exact) mass is 214 g/mol. The van der Waals surface area contributed by atoms with Gasteiger partial charge in [-0.2, -0.15) is 0 Å². The van der Waals surface area contributed by atoms with E-state index >= 15 is 0 Å². The number of nitrogens with zero attached hydrogens (tertiary/aromatic N) is 2. The van der Waals surface area contributed by atoms with Gasteiger partial charge in [-0.05, 0) is 19.0 Å². The average molecular weight is 214 g/mol. The summed E-state index contributed by atoms with van der Waals surface area (Å²) in [4.78, 5) is 3.61. The zero-order valence-electron chi connectivity index (χ0n) is 10.0. The summed E-state index contributed by atoms with van der Waals surface area (Å²) >= 11 is 0. The largest absolute Gasteiger partial charge is 0.306 e. The summed E-state index contributed by atoms with van der Waals surface area (Å²) in [6, 6.07) is 2.48. The Kier molecular flexibility index (Phi) is 1.23. The van der Waals surface area contributed by atoms with E-state index in [1.165, 1.54) is 29.1 Å². The van der Waals surface area contributed by atoms with Crippen molar-refractivity contribution in [2.75, 3.05) is 0 Å². The minimum Gasteiger partial charge on any atom is -0.306 e. The molecular formula is C8H9N3O2S. The van der Waals surface area contributed by atoms with Gasteiger partial charge in [-0.3, -0.25) is 0 Å². The van der Waals surface area contributed by atoms with E-state index in [-0.39, 0.29) is 16.1 Å². The number of rotatable bonds is 1. The van der Waals surface area contributed by atoms with E-state index in [4.69, 9.17) is 9.25 Å². The Morgan fingerprint density at radius 3 is 3.07 bits per heavy atom. The first-order valence-electron chi connectivity index (χ1n) is 5.19. The summed E-state index contributed by atoms with van der Waals surface area (Å²) in [6.45, 7) is -2.40. The second kappa shape index (κ2) is 2.79. The van der Waals surface area contributed by atoms with Gasteiger partial charge in [0, 0.05) is 10.3 Å². The number of primary sulfonamides is 1. The molecule has 0 aliphatic rings. The number of sulfonamides is 1. The van der Waals surface area contributed by atoms with E-state index in [0.717, 1.165) is 0 Å². The van der Waals surface area contributed by atoms with Gasteiger partial charge in [0.05, 0.1) is 22.4 Å². The Morgan fingerprint density at radius 1 is 1.64 bits per heavy atom. The van der Waals surface area contributed by atoms with Crippen LogP contribution in [0.3, 0.4) is 0 Å². The molecule has 2 rings (SSSR count). The molecule has 2 aromatic rings. The average Bonchev–Trinajstić information content (AvgIpc) is 2.57. The number of aryl methyl sites for hydroxylation is 1. The number of hydrogen-bond donors (Lipinski definition) is 1. The second-order valence-electron chi connectivity index (χ2n) is 2.79. The van der Waals surface area contributed by atoms with E-state index < -0.39 is 16.9 Å². The smallest absolute Gasteiger partial charge is 0.238 e. The van der Waals surface area contributed by atoms with Crippen molar-refractivity contribution in [3.63, 3.8) is 0 Å². The molecule has 6 heteroatoms. The molecule has 2 N–H and O–H groups in total. The Balaban J connectivity index is 2.76. The molecule has 2 aromatic heterocycles. The fourth-order valence-corrected chi connectivity index (χ4v) is 1.67. The van der Waals surface area contributed by atoms with Crippen molar-refractivity contribution in [1.82, 2.24) is 9.38 Å². The summed E-state index contributed by atoms with van der Waals surface area (Å²) < 4.78 is 45.6. The van der Waals surface area contributed by atoms with Gasteiger partial charge in [-0.1, -0.05) is 0 Å². The van der Waals surface area contributed by atoms with E-state index in [9.17, 15) is 8.42 Å². The molecule has 0 amide bonds. The van der Waals surface area contributed by atoms with Crippen molar-refractivity contribution < 1.29 is 12.5 Å². The van der Waals surface area contributed by atoms with Gasteiger partial charge in [0.2, 0.25) is 10.0 Å². The lowest BCUT2D eigenvalue weighted by atomic mass is 10.3. The maximum absolute atomic E-state index is 11.2. The lowest BCUT2D eigenvalue weighted by Crippen LogP contribution is -2.12. The standard InChI is InChI=1S/C8H9N3O2S/c1-6-8-4-7(14(9,12)13)2-3-11(8)5-10-6/h2-5H,1H3,(H2,9,12,13)/i1D3. The zero-order chi connectivity index (χ0) is 12.8. The normalized spacial score (nSPS) is 16.2. The van der Waals surface area contributed by atoms with E-state index in [1.807, 2.05) is 0 Å². The molecule has 0 saturated carbocycles. The Hall–Kier alpha value is -1.40. The molecule has 0 radical (unpaired) electrons. The van der Waals surface area contributed by atoms with Crippen molar-refractivity contribution in [2.45, 2.75) is 11.7 Å². The van der Waals surface area contributed by atoms with Crippen LogP contribution in [0.15, 0.2) is 29.6 Å². The molecule has 0 saturated heterocycles. The minimum atomic E-state index is -3.86. The van der Waals surface area contributed by atoms with Crippen LogP contribution < -0.4 is 5.14 Å². The highest BCUT2D eigenvalue weighted by molar-refractivity contribution is 7.89. The topological polar surface area (TPSA) is 77.5 Å². The van der Waals surface area contributed by atoms with Crippen molar-refractivity contribution >= 4 is 15.5 Å². The van der Waals surface area contributed by atoms with Gasteiger partial charge in [-0.25, -0.2) is 18.5 Å². The Bertz CT molecular complexity index is 675. The molecule has 0 atom stereocenters. The lowest BCUT2D eigenvalue weighted by Gasteiger charge is -1.99. The van der Waals surface area contributed by atoms with Gasteiger partial charge in [0.1, 0.15) is 0 Å². The van der Waals surface area contributed by atoms with Crippen LogP contribution in [0.25, 0.3) is 5.52 Å². The molecule has 2 heterocycles. The number of imidazole rings is 1. The highest BCUT2D eigenvalue weighted by atomic mass is 32.2. The molecule has 0 aliphatic carbocycles. The fraction of sp³-hybridized carbons (Fsp3) is 0.125. The Labute approximate surface area is 85.4 Å². The molecule has 74 valence electrons. The highest BCUT2D eigenvalue weighted by Gasteiger charge is 2.09. The fourth-order valence-electron chi connectivity index (χ4n) is 1.15. The first kappa shape index (κ1) is 6.15. The van der Waals surface area contributed by atoms with Crippen LogP contribution in [0.2, 0.25) is 0 Å². The maximum Gasteiger partial charge on any atom is 0.238 e. The number of nitrogens with two attached hydrogens (primary N) is 1. The summed E-state index contributed by atoms with van der Waals surface area (Å²) in [5, 5.41) is 4.98. The molecule has 0 bridgehead atoms. The van der Waals surface area contributed by atoms with Crippen LogP contribution in [0, 0.1) is 6.85 Å². The molecule has 0 aliphatic heterocycles. The second-order valence-corrected chi connectivity index (χ2v) is 4.35. The molecule has 5 nitrogen and oxygen atoms in total. The zero-order valence-corrected chi connectivity index (χ0v) is 7.82. The van der Waals surface area contributed by atoms with Crippen molar-refractivity contribution in [2.24, 2.45) is 5.14 Å². The summed E-state index contributed by atoms with van der Waals surface area (Å²) in [6.07, 6.45) is 2.71. The number of fused-ring (bicyclic) bond motifs is 1. The minimum absolute atomic E-state index is 0.143.